The molecule has 0 saturated carbocycles. The van der Waals surface area contributed by atoms with Gasteiger partial charge in [0.05, 0.1) is 0 Å². The number of hydrogen-bond donors (Lipinski definition) is 2. The van der Waals surface area contributed by atoms with Crippen molar-refractivity contribution in [2.45, 2.75) is 70.3 Å². The molecule has 3 rings (SSSR count). The van der Waals surface area contributed by atoms with E-state index in [1.807, 2.05) is 0 Å². The van der Waals surface area contributed by atoms with Crippen molar-refractivity contribution in [1.29, 1.82) is 0 Å². The third-order valence-corrected chi connectivity index (χ3v) is 6.08. The number of rotatable bonds is 2. The summed E-state index contributed by atoms with van der Waals surface area (Å²) in [4.78, 5) is 0. The van der Waals surface area contributed by atoms with Crippen LogP contribution in [0.5, 0.6) is 0 Å². The van der Waals surface area contributed by atoms with E-state index in [9.17, 15) is 0 Å². The Labute approximate surface area is 164 Å². The van der Waals surface area contributed by atoms with E-state index in [0.717, 1.165) is 17.9 Å². The lowest BCUT2D eigenvalue weighted by Crippen LogP contribution is -2.12. The Morgan fingerprint density at radius 2 is 1.04 bits per heavy atom. The van der Waals surface area contributed by atoms with Gasteiger partial charge in [0, 0.05) is 11.5 Å². The van der Waals surface area contributed by atoms with Gasteiger partial charge in [-0.05, 0) is 61.8 Å². The Morgan fingerprint density at radius 3 is 1.32 bits per heavy atom. The van der Waals surface area contributed by atoms with Gasteiger partial charge in [0.2, 0.25) is 0 Å². The van der Waals surface area contributed by atoms with Gasteiger partial charge in [0.1, 0.15) is 0 Å². The average Bonchev–Trinajstić information content (AvgIpc) is 2.90. The lowest BCUT2D eigenvalue weighted by Gasteiger charge is -2.23. The molecule has 0 heterocycles. The molecule has 2 aromatic carbocycles. The predicted octanol–water partition coefficient (Wildman–Crippen LogP) is 6.71. The van der Waals surface area contributed by atoms with Crippen LogP contribution < -0.4 is 0 Å². The van der Waals surface area contributed by atoms with Crippen LogP contribution in [-0.2, 0) is 28.8 Å². The largest absolute Gasteiger partial charge is 0.175 e. The summed E-state index contributed by atoms with van der Waals surface area (Å²) in [6.07, 6.45) is 1.02. The fourth-order valence-electron chi connectivity index (χ4n) is 3.69. The van der Waals surface area contributed by atoms with Crippen LogP contribution in [0.2, 0.25) is 0 Å². The number of hydrogen-bond acceptors (Lipinski definition) is 2. The van der Waals surface area contributed by atoms with Crippen molar-refractivity contribution in [2.75, 3.05) is 0 Å². The molecular formula is C23H30S2. The van der Waals surface area contributed by atoms with Crippen molar-refractivity contribution in [1.82, 2.24) is 0 Å². The van der Waals surface area contributed by atoms with Crippen LogP contribution in [0.1, 0.15) is 74.9 Å². The summed E-state index contributed by atoms with van der Waals surface area (Å²) < 4.78 is 0. The summed E-state index contributed by atoms with van der Waals surface area (Å²) >= 11 is 9.26. The standard InChI is InChI=1S/C23H30S2/c1-22(2,3)16-7-14(12-24)18-11-19-15(13-25)8-17(23(4,5)6)10-21(19)20(18)9-16/h7-10,24-25H,11-13H2,1-6H3. The van der Waals surface area contributed by atoms with Crippen molar-refractivity contribution in [3.8, 4) is 11.1 Å². The first-order chi connectivity index (χ1) is 11.6. The topological polar surface area (TPSA) is 0 Å². The Hall–Kier alpha value is -0.860. The number of thiol groups is 2. The molecule has 0 bridgehead atoms. The normalized spacial score (nSPS) is 13.8. The zero-order chi connectivity index (χ0) is 18.6. The highest BCUT2D eigenvalue weighted by Gasteiger charge is 2.28. The number of benzene rings is 2. The zero-order valence-electron chi connectivity index (χ0n) is 16.3. The van der Waals surface area contributed by atoms with Gasteiger partial charge in [-0.15, -0.1) is 0 Å². The highest BCUT2D eigenvalue weighted by Crippen LogP contribution is 2.45. The van der Waals surface area contributed by atoms with E-state index in [0.29, 0.717) is 0 Å². The maximum Gasteiger partial charge on any atom is 0.0157 e. The summed E-state index contributed by atoms with van der Waals surface area (Å²) in [7, 11) is 0. The van der Waals surface area contributed by atoms with E-state index in [1.165, 1.54) is 44.5 Å². The first-order valence-electron chi connectivity index (χ1n) is 9.11. The third-order valence-electron chi connectivity index (χ3n) is 5.40. The molecule has 2 heteroatoms. The molecule has 134 valence electrons. The summed E-state index contributed by atoms with van der Waals surface area (Å²) in [5, 5.41) is 0. The summed E-state index contributed by atoms with van der Waals surface area (Å²) in [6.45, 7) is 13.7. The highest BCUT2D eigenvalue weighted by atomic mass is 32.1. The summed E-state index contributed by atoms with van der Waals surface area (Å²) in [5.41, 5.74) is 11.6. The Balaban J connectivity index is 2.30. The van der Waals surface area contributed by atoms with Crippen molar-refractivity contribution in [3.63, 3.8) is 0 Å². The lowest BCUT2D eigenvalue weighted by atomic mass is 9.82. The van der Waals surface area contributed by atoms with Crippen LogP contribution in [0.4, 0.5) is 0 Å². The van der Waals surface area contributed by atoms with E-state index in [-0.39, 0.29) is 10.8 Å². The minimum atomic E-state index is 0.142. The molecule has 25 heavy (non-hydrogen) atoms. The first kappa shape index (κ1) is 18.9. The van der Waals surface area contributed by atoms with Gasteiger partial charge in [-0.2, -0.15) is 25.3 Å². The molecule has 1 aliphatic carbocycles. The molecular weight excluding hydrogens is 340 g/mol. The van der Waals surface area contributed by atoms with Gasteiger partial charge in [-0.1, -0.05) is 65.8 Å². The van der Waals surface area contributed by atoms with E-state index in [2.05, 4.69) is 91.1 Å². The Kier molecular flexibility index (Phi) is 4.83. The average molecular weight is 371 g/mol. The molecule has 2 aromatic rings. The van der Waals surface area contributed by atoms with Crippen LogP contribution in [0.25, 0.3) is 11.1 Å². The summed E-state index contributed by atoms with van der Waals surface area (Å²) in [5.74, 6) is 1.59. The van der Waals surface area contributed by atoms with Crippen molar-refractivity contribution >= 4 is 25.3 Å². The molecule has 0 amide bonds. The second kappa shape index (κ2) is 6.39. The van der Waals surface area contributed by atoms with Crippen LogP contribution >= 0.6 is 25.3 Å². The molecule has 0 N–H and O–H groups in total. The van der Waals surface area contributed by atoms with Gasteiger partial charge in [0.15, 0.2) is 0 Å². The van der Waals surface area contributed by atoms with Gasteiger partial charge in [-0.3, -0.25) is 0 Å². The van der Waals surface area contributed by atoms with E-state index in [4.69, 9.17) is 0 Å². The molecule has 1 aliphatic rings. The minimum Gasteiger partial charge on any atom is -0.175 e. The lowest BCUT2D eigenvalue weighted by molar-refractivity contribution is 0.589. The zero-order valence-corrected chi connectivity index (χ0v) is 18.1. The van der Waals surface area contributed by atoms with Gasteiger partial charge in [0.25, 0.3) is 0 Å². The predicted molar refractivity (Wildman–Crippen MR) is 117 cm³/mol. The van der Waals surface area contributed by atoms with Crippen molar-refractivity contribution in [3.05, 3.63) is 57.6 Å². The highest BCUT2D eigenvalue weighted by molar-refractivity contribution is 7.79. The van der Waals surface area contributed by atoms with Crippen LogP contribution in [-0.4, -0.2) is 0 Å². The minimum absolute atomic E-state index is 0.142. The third kappa shape index (κ3) is 3.40. The first-order valence-corrected chi connectivity index (χ1v) is 10.4. The van der Waals surface area contributed by atoms with Crippen molar-refractivity contribution in [2.24, 2.45) is 0 Å². The Bertz CT molecular complexity index is 748. The molecule has 0 aromatic heterocycles. The van der Waals surface area contributed by atoms with Crippen LogP contribution in [0.3, 0.4) is 0 Å². The quantitative estimate of drug-likeness (QED) is 0.460. The Morgan fingerprint density at radius 1 is 0.680 bits per heavy atom. The van der Waals surface area contributed by atoms with Crippen molar-refractivity contribution < 1.29 is 0 Å². The van der Waals surface area contributed by atoms with Gasteiger partial charge in [-0.25, -0.2) is 0 Å². The molecule has 0 aliphatic heterocycles. The smallest absolute Gasteiger partial charge is 0.0157 e. The fraction of sp³-hybridized carbons (Fsp3) is 0.478. The van der Waals surface area contributed by atoms with E-state index < -0.39 is 0 Å². The SMILES string of the molecule is CC(C)(C)c1cc(CS)c2c(c1)-c1cc(C(C)(C)C)cc(CS)c1C2. The van der Waals surface area contributed by atoms with Crippen LogP contribution in [0.15, 0.2) is 24.3 Å². The maximum atomic E-state index is 4.63. The molecule has 0 radical (unpaired) electrons. The molecule has 0 unspecified atom stereocenters. The fourth-order valence-corrected chi connectivity index (χ4v) is 4.25. The van der Waals surface area contributed by atoms with Gasteiger partial charge < -0.3 is 0 Å². The van der Waals surface area contributed by atoms with E-state index >= 15 is 0 Å². The van der Waals surface area contributed by atoms with Gasteiger partial charge >= 0.3 is 0 Å². The molecule has 0 nitrogen and oxygen atoms in total. The molecule has 0 saturated heterocycles. The molecule has 0 atom stereocenters. The molecule has 0 spiro atoms. The molecule has 0 fully saturated rings. The second-order valence-corrected chi connectivity index (χ2v) is 9.95. The van der Waals surface area contributed by atoms with E-state index in [1.54, 1.807) is 0 Å². The monoisotopic (exact) mass is 370 g/mol. The van der Waals surface area contributed by atoms with Crippen LogP contribution in [0, 0.1) is 0 Å². The summed E-state index contributed by atoms with van der Waals surface area (Å²) in [6, 6.07) is 9.57. The maximum absolute atomic E-state index is 4.63. The second-order valence-electron chi connectivity index (χ2n) is 9.32. The number of fused-ring (bicyclic) bond motifs is 3.